The second kappa shape index (κ2) is 5.82. The molecule has 0 bridgehead atoms. The molecule has 0 aromatic carbocycles. The SMILES string of the molecule is CCCn1cc(CNC(=O)[C@H]2CCOC2)cn1. The zero-order valence-corrected chi connectivity index (χ0v) is 10.2. The van der Waals surface area contributed by atoms with Gasteiger partial charge in [-0.05, 0) is 12.8 Å². The second-order valence-corrected chi connectivity index (χ2v) is 4.39. The van der Waals surface area contributed by atoms with Crippen LogP contribution in [0.5, 0.6) is 0 Å². The smallest absolute Gasteiger partial charge is 0.225 e. The molecule has 2 rings (SSSR count). The summed E-state index contributed by atoms with van der Waals surface area (Å²) in [5.74, 6) is 0.117. The van der Waals surface area contributed by atoms with E-state index >= 15 is 0 Å². The average molecular weight is 237 g/mol. The minimum absolute atomic E-state index is 0.0284. The summed E-state index contributed by atoms with van der Waals surface area (Å²) in [5.41, 5.74) is 1.05. The van der Waals surface area contributed by atoms with Crippen molar-refractivity contribution < 1.29 is 9.53 Å². The maximum Gasteiger partial charge on any atom is 0.225 e. The first kappa shape index (κ1) is 12.1. The van der Waals surface area contributed by atoms with Gasteiger partial charge in [0.25, 0.3) is 0 Å². The summed E-state index contributed by atoms with van der Waals surface area (Å²) in [7, 11) is 0. The summed E-state index contributed by atoms with van der Waals surface area (Å²) in [6.45, 7) is 4.85. The normalized spacial score (nSPS) is 19.5. The molecule has 2 heterocycles. The predicted octanol–water partition coefficient (Wildman–Crippen LogP) is 0.946. The van der Waals surface area contributed by atoms with E-state index in [-0.39, 0.29) is 11.8 Å². The number of carbonyl (C=O) groups is 1. The molecule has 1 fully saturated rings. The Bertz CT molecular complexity index is 370. The number of hydrogen-bond donors (Lipinski definition) is 1. The summed E-state index contributed by atoms with van der Waals surface area (Å²) in [5, 5.41) is 7.15. The van der Waals surface area contributed by atoms with Gasteiger partial charge < -0.3 is 10.1 Å². The molecular weight excluding hydrogens is 218 g/mol. The number of rotatable bonds is 5. The van der Waals surface area contributed by atoms with Crippen LogP contribution >= 0.6 is 0 Å². The molecule has 1 atom stereocenters. The molecule has 0 radical (unpaired) electrons. The first-order chi connectivity index (χ1) is 8.29. The van der Waals surface area contributed by atoms with E-state index in [0.29, 0.717) is 19.8 Å². The van der Waals surface area contributed by atoms with Crippen molar-refractivity contribution in [3.05, 3.63) is 18.0 Å². The summed E-state index contributed by atoms with van der Waals surface area (Å²) < 4.78 is 7.09. The zero-order chi connectivity index (χ0) is 12.1. The van der Waals surface area contributed by atoms with Crippen LogP contribution in [0, 0.1) is 5.92 Å². The number of ether oxygens (including phenoxy) is 1. The van der Waals surface area contributed by atoms with E-state index < -0.39 is 0 Å². The average Bonchev–Trinajstić information content (AvgIpc) is 2.97. The third-order valence-corrected chi connectivity index (χ3v) is 2.91. The fourth-order valence-electron chi connectivity index (χ4n) is 1.92. The topological polar surface area (TPSA) is 56.2 Å². The number of aromatic nitrogens is 2. The van der Waals surface area contributed by atoms with Crippen LogP contribution < -0.4 is 5.32 Å². The van der Waals surface area contributed by atoms with Gasteiger partial charge in [0.15, 0.2) is 0 Å². The Morgan fingerprint density at radius 2 is 2.59 bits per heavy atom. The molecule has 0 aliphatic carbocycles. The highest BCUT2D eigenvalue weighted by atomic mass is 16.5. The number of carbonyl (C=O) groups excluding carboxylic acids is 1. The quantitative estimate of drug-likeness (QED) is 0.829. The first-order valence-corrected chi connectivity index (χ1v) is 6.16. The van der Waals surface area contributed by atoms with Gasteiger partial charge in [0, 0.05) is 31.5 Å². The van der Waals surface area contributed by atoms with Crippen molar-refractivity contribution in [2.24, 2.45) is 5.92 Å². The van der Waals surface area contributed by atoms with Crippen molar-refractivity contribution in [1.82, 2.24) is 15.1 Å². The molecule has 1 saturated heterocycles. The van der Waals surface area contributed by atoms with Gasteiger partial charge in [-0.1, -0.05) is 6.92 Å². The van der Waals surface area contributed by atoms with Crippen molar-refractivity contribution >= 4 is 5.91 Å². The van der Waals surface area contributed by atoms with Crippen LogP contribution in [0.4, 0.5) is 0 Å². The fourth-order valence-corrected chi connectivity index (χ4v) is 1.92. The van der Waals surface area contributed by atoms with Gasteiger partial charge in [0.1, 0.15) is 0 Å². The van der Waals surface area contributed by atoms with E-state index in [0.717, 1.165) is 24.9 Å². The van der Waals surface area contributed by atoms with Crippen LogP contribution in [0.1, 0.15) is 25.3 Å². The minimum atomic E-state index is 0.0284. The van der Waals surface area contributed by atoms with Crippen molar-refractivity contribution in [2.45, 2.75) is 32.9 Å². The number of aryl methyl sites for hydroxylation is 1. The Morgan fingerprint density at radius 3 is 3.29 bits per heavy atom. The highest BCUT2D eigenvalue weighted by molar-refractivity contribution is 5.78. The number of nitrogens with one attached hydrogen (secondary N) is 1. The molecule has 0 unspecified atom stereocenters. The molecule has 0 spiro atoms. The van der Waals surface area contributed by atoms with Gasteiger partial charge in [-0.2, -0.15) is 5.10 Å². The van der Waals surface area contributed by atoms with Gasteiger partial charge >= 0.3 is 0 Å². The Kier molecular flexibility index (Phi) is 4.14. The molecule has 1 aromatic rings. The number of nitrogens with zero attached hydrogens (tertiary/aromatic N) is 2. The van der Waals surface area contributed by atoms with Crippen molar-refractivity contribution in [2.75, 3.05) is 13.2 Å². The predicted molar refractivity (Wildman–Crippen MR) is 63.3 cm³/mol. The van der Waals surface area contributed by atoms with Crippen molar-refractivity contribution in [1.29, 1.82) is 0 Å². The van der Waals surface area contributed by atoms with Crippen LogP contribution in [-0.4, -0.2) is 28.9 Å². The lowest BCUT2D eigenvalue weighted by Gasteiger charge is -2.07. The molecule has 17 heavy (non-hydrogen) atoms. The third kappa shape index (κ3) is 3.30. The molecule has 1 aliphatic heterocycles. The van der Waals surface area contributed by atoms with Crippen LogP contribution in [0.2, 0.25) is 0 Å². The highest BCUT2D eigenvalue weighted by Gasteiger charge is 2.22. The Morgan fingerprint density at radius 1 is 1.71 bits per heavy atom. The van der Waals surface area contributed by atoms with Gasteiger partial charge in [-0.3, -0.25) is 9.48 Å². The van der Waals surface area contributed by atoms with Gasteiger partial charge in [0.05, 0.1) is 18.7 Å². The largest absolute Gasteiger partial charge is 0.381 e. The fraction of sp³-hybridized carbons (Fsp3) is 0.667. The summed E-state index contributed by atoms with van der Waals surface area (Å²) in [6, 6.07) is 0. The lowest BCUT2D eigenvalue weighted by molar-refractivity contribution is -0.125. The summed E-state index contributed by atoms with van der Waals surface area (Å²) in [6.07, 6.45) is 5.68. The molecule has 5 nitrogen and oxygen atoms in total. The third-order valence-electron chi connectivity index (χ3n) is 2.91. The van der Waals surface area contributed by atoms with E-state index in [1.807, 2.05) is 10.9 Å². The lowest BCUT2D eigenvalue weighted by atomic mass is 10.1. The molecule has 1 amide bonds. The molecule has 5 heteroatoms. The standard InChI is InChI=1S/C12H19N3O2/c1-2-4-15-8-10(7-14-15)6-13-12(16)11-3-5-17-9-11/h7-8,11H,2-6,9H2,1H3,(H,13,16)/t11-/m0/s1. The van der Waals surface area contributed by atoms with E-state index in [4.69, 9.17) is 4.74 Å². The number of hydrogen-bond acceptors (Lipinski definition) is 3. The second-order valence-electron chi connectivity index (χ2n) is 4.39. The molecule has 94 valence electrons. The summed E-state index contributed by atoms with van der Waals surface area (Å²) >= 11 is 0. The lowest BCUT2D eigenvalue weighted by Crippen LogP contribution is -2.30. The maximum absolute atomic E-state index is 11.7. The van der Waals surface area contributed by atoms with Crippen LogP contribution in [0.25, 0.3) is 0 Å². The zero-order valence-electron chi connectivity index (χ0n) is 10.2. The van der Waals surface area contributed by atoms with Gasteiger partial charge in [0.2, 0.25) is 5.91 Å². The Labute approximate surface area is 101 Å². The van der Waals surface area contributed by atoms with Gasteiger partial charge in [-0.15, -0.1) is 0 Å². The molecule has 1 N–H and O–H groups in total. The van der Waals surface area contributed by atoms with E-state index in [1.54, 1.807) is 6.20 Å². The van der Waals surface area contributed by atoms with E-state index in [1.165, 1.54) is 0 Å². The van der Waals surface area contributed by atoms with Crippen LogP contribution in [0.15, 0.2) is 12.4 Å². The highest BCUT2D eigenvalue weighted by Crippen LogP contribution is 2.12. The number of amides is 1. The van der Waals surface area contributed by atoms with Crippen molar-refractivity contribution in [3.8, 4) is 0 Å². The Hall–Kier alpha value is -1.36. The maximum atomic E-state index is 11.7. The van der Waals surface area contributed by atoms with E-state index in [2.05, 4.69) is 17.3 Å². The van der Waals surface area contributed by atoms with Gasteiger partial charge in [-0.25, -0.2) is 0 Å². The van der Waals surface area contributed by atoms with Crippen LogP contribution in [-0.2, 0) is 22.6 Å². The molecule has 1 aliphatic rings. The van der Waals surface area contributed by atoms with Crippen molar-refractivity contribution in [3.63, 3.8) is 0 Å². The first-order valence-electron chi connectivity index (χ1n) is 6.16. The molecule has 1 aromatic heterocycles. The molecular formula is C12H19N3O2. The summed E-state index contributed by atoms with van der Waals surface area (Å²) in [4.78, 5) is 11.7. The molecule has 0 saturated carbocycles. The monoisotopic (exact) mass is 237 g/mol. The minimum Gasteiger partial charge on any atom is -0.381 e. The van der Waals surface area contributed by atoms with Crippen LogP contribution in [0.3, 0.4) is 0 Å². The van der Waals surface area contributed by atoms with E-state index in [9.17, 15) is 4.79 Å². The Balaban J connectivity index is 1.78.